The van der Waals surface area contributed by atoms with Gasteiger partial charge in [-0.15, -0.1) is 0 Å². The van der Waals surface area contributed by atoms with Gasteiger partial charge >= 0.3 is 5.97 Å². The van der Waals surface area contributed by atoms with Crippen LogP contribution in [0.1, 0.15) is 64.2 Å². The molecule has 0 radical (unpaired) electrons. The van der Waals surface area contributed by atoms with E-state index in [0.717, 1.165) is 42.0 Å². The molecule has 2 fully saturated rings. The normalized spacial score (nSPS) is 12.5. The van der Waals surface area contributed by atoms with Gasteiger partial charge in [0.15, 0.2) is 34.2 Å². The number of halogens is 2. The third kappa shape index (κ3) is 12.9. The molecule has 0 saturated heterocycles. The Morgan fingerprint density at radius 1 is 0.542 bits per heavy atom. The van der Waals surface area contributed by atoms with E-state index in [1.54, 1.807) is 131 Å². The number of anilines is 1. The van der Waals surface area contributed by atoms with E-state index in [0.29, 0.717) is 79.7 Å². The van der Waals surface area contributed by atoms with Crippen LogP contribution in [0.4, 0.5) is 14.6 Å². The van der Waals surface area contributed by atoms with Crippen molar-refractivity contribution in [3.63, 3.8) is 0 Å². The Morgan fingerprint density at radius 2 is 0.976 bits per heavy atom. The first kappa shape index (κ1) is 55.8. The van der Waals surface area contributed by atoms with Gasteiger partial charge in [-0.05, 0) is 110 Å². The number of rotatable bonds is 16. The second-order valence-electron chi connectivity index (χ2n) is 19.3. The lowest BCUT2D eigenvalue weighted by Gasteiger charge is -2.12. The van der Waals surface area contributed by atoms with Crippen molar-refractivity contribution >= 4 is 39.4 Å². The lowest BCUT2D eigenvalue weighted by molar-refractivity contribution is 0.0694. The molecule has 4 aromatic carbocycles. The molecule has 6 aromatic heterocycles. The number of methoxy groups -OCH3 is 4. The van der Waals surface area contributed by atoms with Crippen LogP contribution in [-0.4, -0.2) is 74.4 Å². The first-order chi connectivity index (χ1) is 40.2. The lowest BCUT2D eigenvalue weighted by atomic mass is 10.0. The highest BCUT2D eigenvalue weighted by atomic mass is 19.1. The summed E-state index contributed by atoms with van der Waals surface area (Å²) in [7, 11) is 6.30. The summed E-state index contributed by atoms with van der Waals surface area (Å²) in [6.07, 6.45) is 16.7. The number of ketones is 1. The number of hydrogen-bond acceptors (Lipinski definition) is 15. The molecule has 2 aliphatic carbocycles. The van der Waals surface area contributed by atoms with E-state index in [9.17, 15) is 28.0 Å². The number of pyridine rings is 6. The molecule has 10 aromatic rings. The van der Waals surface area contributed by atoms with Crippen LogP contribution in [-0.2, 0) is 6.42 Å². The van der Waals surface area contributed by atoms with Gasteiger partial charge in [0.25, 0.3) is 0 Å². The molecule has 83 heavy (non-hydrogen) atoms. The number of fused-ring (bicyclic) bond motifs is 2. The summed E-state index contributed by atoms with van der Waals surface area (Å²) >= 11 is 0. The van der Waals surface area contributed by atoms with Gasteiger partial charge in [-0.25, -0.2) is 18.6 Å². The van der Waals surface area contributed by atoms with Crippen molar-refractivity contribution in [2.75, 3.05) is 34.2 Å². The summed E-state index contributed by atoms with van der Waals surface area (Å²) in [5.41, 5.74) is 8.17. The van der Waals surface area contributed by atoms with E-state index < -0.39 is 17.2 Å². The zero-order valence-corrected chi connectivity index (χ0v) is 45.2. The molecule has 12 rings (SSSR count). The minimum Gasteiger partial charge on any atom is -0.493 e. The Labute approximate surface area is 472 Å². The molecule has 0 amide bonds. The number of carboxylic acids is 1. The maximum Gasteiger partial charge on any atom is 0.341 e. The van der Waals surface area contributed by atoms with Crippen molar-refractivity contribution in [2.24, 2.45) is 0 Å². The third-order valence-electron chi connectivity index (χ3n) is 13.6. The molecule has 0 atom stereocenters. The molecule has 3 N–H and O–H groups in total. The van der Waals surface area contributed by atoms with E-state index in [-0.39, 0.29) is 52.2 Å². The molecule has 2 saturated carbocycles. The Balaban J connectivity index is 0.000000154. The predicted molar refractivity (Wildman–Crippen MR) is 306 cm³/mol. The van der Waals surface area contributed by atoms with Gasteiger partial charge in [0.1, 0.15) is 46.0 Å². The quantitative estimate of drug-likeness (QED) is 0.0857. The first-order valence-electron chi connectivity index (χ1n) is 26.0. The van der Waals surface area contributed by atoms with Crippen molar-refractivity contribution in [2.45, 2.75) is 44.2 Å². The van der Waals surface area contributed by atoms with Crippen molar-refractivity contribution in [1.82, 2.24) is 29.1 Å². The Morgan fingerprint density at radius 3 is 1.39 bits per heavy atom. The van der Waals surface area contributed by atoms with Gasteiger partial charge in [-0.3, -0.25) is 29.3 Å². The molecule has 18 nitrogen and oxygen atoms in total. The summed E-state index contributed by atoms with van der Waals surface area (Å²) < 4.78 is 63.5. The van der Waals surface area contributed by atoms with Gasteiger partial charge in [0.05, 0.1) is 63.9 Å². The number of hydrogen-bond donors (Lipinski definition) is 2. The number of ether oxygens (including phenoxy) is 6. The number of carbonyl (C=O) groups is 2. The number of Topliss-reactive ketones (excluding diaryl/α,β-unsaturated/α-hetero) is 1. The van der Waals surface area contributed by atoms with Crippen LogP contribution in [0, 0.1) is 11.6 Å². The van der Waals surface area contributed by atoms with E-state index in [1.165, 1.54) is 48.8 Å². The van der Waals surface area contributed by atoms with Gasteiger partial charge in [0, 0.05) is 89.0 Å². The Bertz CT molecular complexity index is 4150. The highest BCUT2D eigenvalue weighted by Crippen LogP contribution is 2.40. The van der Waals surface area contributed by atoms with E-state index >= 15 is 0 Å². The molecule has 0 spiro atoms. The zero-order valence-electron chi connectivity index (χ0n) is 45.2. The minimum absolute atomic E-state index is 0.0533. The second-order valence-corrected chi connectivity index (χ2v) is 19.3. The number of aromatic carboxylic acids is 1. The second kappa shape index (κ2) is 24.5. The average molecular weight is 1120 g/mol. The number of carboxylic acid groups (broad SMARTS) is 1. The molecule has 2 aliphatic rings. The minimum atomic E-state index is -1.24. The molecular formula is C63H53F2N7O11. The maximum atomic E-state index is 13.5. The summed E-state index contributed by atoms with van der Waals surface area (Å²) in [6.45, 7) is 0. The van der Waals surface area contributed by atoms with Crippen LogP contribution in [0.25, 0.3) is 44.1 Å². The predicted octanol–water partition coefficient (Wildman–Crippen LogP) is 11.9. The highest BCUT2D eigenvalue weighted by Gasteiger charge is 2.27. The van der Waals surface area contributed by atoms with Crippen LogP contribution in [0.15, 0.2) is 168 Å². The van der Waals surface area contributed by atoms with Crippen molar-refractivity contribution < 1.29 is 51.9 Å². The smallest absolute Gasteiger partial charge is 0.341 e. The molecule has 6 heterocycles. The fourth-order valence-electron chi connectivity index (χ4n) is 9.00. The molecule has 0 unspecified atom stereocenters. The number of nitrogens with two attached hydrogens (primary N) is 1. The van der Waals surface area contributed by atoms with Crippen molar-refractivity contribution in [3.05, 3.63) is 208 Å². The molecule has 20 heteroatoms. The van der Waals surface area contributed by atoms with E-state index in [2.05, 4.69) is 19.9 Å². The van der Waals surface area contributed by atoms with Crippen LogP contribution in [0.5, 0.6) is 46.0 Å². The van der Waals surface area contributed by atoms with Crippen molar-refractivity contribution in [1.29, 1.82) is 0 Å². The van der Waals surface area contributed by atoms with Gasteiger partial charge in [-0.1, -0.05) is 24.3 Å². The highest BCUT2D eigenvalue weighted by molar-refractivity contribution is 5.98. The third-order valence-corrected chi connectivity index (χ3v) is 13.6. The first-order valence-corrected chi connectivity index (χ1v) is 26.0. The molecule has 0 aliphatic heterocycles. The Kier molecular flexibility index (Phi) is 16.5. The summed E-state index contributed by atoms with van der Waals surface area (Å²) in [5.74, 6) is 2.69. The fourth-order valence-corrected chi connectivity index (χ4v) is 9.00. The van der Waals surface area contributed by atoms with E-state index in [4.69, 9.17) is 39.3 Å². The van der Waals surface area contributed by atoms with Crippen LogP contribution in [0.3, 0.4) is 0 Å². The van der Waals surface area contributed by atoms with Crippen LogP contribution >= 0.6 is 0 Å². The number of aromatic nitrogens is 6. The summed E-state index contributed by atoms with van der Waals surface area (Å²) in [6, 6.07) is 29.3. The average Bonchev–Trinajstić information content (AvgIpc) is 4.62. The molecule has 420 valence electrons. The number of benzene rings is 4. The van der Waals surface area contributed by atoms with Gasteiger partial charge in [0.2, 0.25) is 5.43 Å². The largest absolute Gasteiger partial charge is 0.493 e. The lowest BCUT2D eigenvalue weighted by Crippen LogP contribution is -2.21. The summed E-state index contributed by atoms with van der Waals surface area (Å²) in [5, 5.41) is 10.7. The van der Waals surface area contributed by atoms with E-state index in [1.807, 2.05) is 16.7 Å². The number of carbonyl (C=O) groups excluding carboxylic acids is 1. The van der Waals surface area contributed by atoms with Gasteiger partial charge in [-0.2, -0.15) is 0 Å². The maximum absolute atomic E-state index is 13.5. The zero-order chi connectivity index (χ0) is 58.3. The topological polar surface area (TPSA) is 231 Å². The van der Waals surface area contributed by atoms with Crippen LogP contribution in [0.2, 0.25) is 0 Å². The van der Waals surface area contributed by atoms with Crippen LogP contribution < -0.4 is 45.0 Å². The number of nitrogens with zero attached hydrogens (tertiary/aromatic N) is 6. The molecular weight excluding hydrogens is 1070 g/mol. The monoisotopic (exact) mass is 1120 g/mol. The van der Waals surface area contributed by atoms with Crippen molar-refractivity contribution in [3.8, 4) is 68.2 Å². The fraction of sp³-hybridized carbons (Fsp3) is 0.175. The SMILES string of the molecule is COc1cc2nccc(Oc3ccc(CC(=O)c4cn(C5CC5)cc(-c5ccc(F)cc5)c4=O)nc3)c2cc1OC.COc1cc2nccc(Oc3ccc(N)nc3)c2cc1OC.O=C(O)c1cn(C2CC2)cc(-c2ccc(F)cc2)c1=O. The standard InChI is InChI=1S/C32H26FN3O5.C16H15N3O3.C15H12FNO3/c1-39-30-14-24-27(15-31(30)40-2)34-12-11-29(24)41-23-10-7-21(35-16-23)13-28(37)26-18-36(22-8-9-22)17-25(32(26)38)19-3-5-20(33)6-4-19;1-20-14-7-11-12(8-15(14)21-2)18-6-5-13(11)22-10-3-4-16(17)19-9-10;16-10-3-1-9(2-4-10)12-7-17(11-5-6-11)8-13(14(12)18)15(19)20/h3-7,10-12,14-18,22H,8-9,13H2,1-2H3;3-9H,1-2H3,(H2,17,19);1-4,7-8,11H,5-6H2,(H,19,20). The number of nitrogen functional groups attached to an aromatic ring is 1. The van der Waals surface area contributed by atoms with Gasteiger partial charge < -0.3 is 48.4 Å². The Hall–Kier alpha value is -10.5. The molecule has 0 bridgehead atoms. The summed E-state index contributed by atoms with van der Waals surface area (Å²) in [4.78, 5) is 67.2.